The van der Waals surface area contributed by atoms with E-state index in [1.165, 1.54) is 16.6 Å². The van der Waals surface area contributed by atoms with Gasteiger partial charge in [0, 0.05) is 34.1 Å². The summed E-state index contributed by atoms with van der Waals surface area (Å²) in [5.74, 6) is -0.117. The van der Waals surface area contributed by atoms with Crippen LogP contribution in [0.15, 0.2) is 29.2 Å². The number of fused-ring (bicyclic) bond motifs is 2. The number of rotatable bonds is 7. The van der Waals surface area contributed by atoms with Crippen molar-refractivity contribution in [1.82, 2.24) is 9.88 Å². The zero-order valence-corrected chi connectivity index (χ0v) is 23.1. The van der Waals surface area contributed by atoms with Crippen molar-refractivity contribution in [2.75, 3.05) is 13.7 Å². The lowest BCUT2D eigenvalue weighted by atomic mass is 9.86. The number of hydrogen-bond donors (Lipinski definition) is 2. The van der Waals surface area contributed by atoms with E-state index < -0.39 is 17.0 Å². The number of alkyl carbamates (subject to hydrolysis) is 1. The lowest BCUT2D eigenvalue weighted by Gasteiger charge is -2.23. The van der Waals surface area contributed by atoms with Gasteiger partial charge in [-0.1, -0.05) is 0 Å². The number of pyridine rings is 1. The van der Waals surface area contributed by atoms with Crippen molar-refractivity contribution in [1.29, 1.82) is 0 Å². The molecule has 1 atom stereocenters. The second-order valence-corrected chi connectivity index (χ2v) is 12.4. The van der Waals surface area contributed by atoms with E-state index in [1.54, 1.807) is 24.5 Å². The van der Waals surface area contributed by atoms with E-state index in [0.717, 1.165) is 49.0 Å². The molecule has 0 bridgehead atoms. The predicted molar refractivity (Wildman–Crippen MR) is 148 cm³/mol. The lowest BCUT2D eigenvalue weighted by molar-refractivity contribution is 0.0524. The third kappa shape index (κ3) is 5.29. The monoisotopic (exact) mass is 538 g/mol. The summed E-state index contributed by atoms with van der Waals surface area (Å²) in [7, 11) is 1.60. The van der Waals surface area contributed by atoms with Crippen LogP contribution in [0.2, 0.25) is 0 Å². The molecule has 1 unspecified atom stereocenters. The molecule has 2 aliphatic rings. The Morgan fingerprint density at radius 3 is 2.63 bits per heavy atom. The molecule has 202 valence electrons. The molecule has 1 fully saturated rings. The molecule has 1 amide bonds. The van der Waals surface area contributed by atoms with Gasteiger partial charge in [-0.2, -0.15) is 0 Å². The summed E-state index contributed by atoms with van der Waals surface area (Å²) in [6.45, 7) is 6.15. The number of amides is 1. The first-order valence-corrected chi connectivity index (χ1v) is 13.9. The van der Waals surface area contributed by atoms with E-state index >= 15 is 0 Å². The number of carbonyl (C=O) groups is 2. The highest BCUT2D eigenvalue weighted by Gasteiger charge is 2.30. The molecule has 0 radical (unpaired) electrons. The number of aromatic carboxylic acids is 1. The highest BCUT2D eigenvalue weighted by atomic mass is 32.1. The van der Waals surface area contributed by atoms with E-state index in [1.807, 2.05) is 31.4 Å². The Bertz CT molecular complexity index is 1460. The minimum Gasteiger partial charge on any atom is -0.494 e. The van der Waals surface area contributed by atoms with E-state index in [2.05, 4.69) is 11.4 Å². The van der Waals surface area contributed by atoms with Gasteiger partial charge in [0.05, 0.1) is 18.0 Å². The van der Waals surface area contributed by atoms with Crippen molar-refractivity contribution >= 4 is 34.3 Å². The second kappa shape index (κ2) is 10.1. The maximum atomic E-state index is 13.0. The molecule has 2 aromatic heterocycles. The molecule has 0 spiro atoms. The Hall–Kier alpha value is -3.33. The van der Waals surface area contributed by atoms with E-state index in [0.29, 0.717) is 29.1 Å². The molecule has 1 saturated carbocycles. The van der Waals surface area contributed by atoms with E-state index in [-0.39, 0.29) is 17.7 Å². The molecule has 2 aliphatic carbocycles. The van der Waals surface area contributed by atoms with E-state index in [4.69, 9.17) is 9.47 Å². The summed E-state index contributed by atoms with van der Waals surface area (Å²) in [5, 5.41) is 12.8. The Labute approximate surface area is 225 Å². The van der Waals surface area contributed by atoms with Crippen LogP contribution in [0.1, 0.15) is 73.3 Å². The first kappa shape index (κ1) is 26.3. The van der Waals surface area contributed by atoms with Crippen LogP contribution in [0.5, 0.6) is 5.75 Å². The Kier molecular flexibility index (Phi) is 6.98. The maximum Gasteiger partial charge on any atom is 0.407 e. The fraction of sp³-hybridized carbons (Fsp3) is 0.483. The number of benzene rings is 1. The molecule has 8 nitrogen and oxygen atoms in total. The normalized spacial score (nSPS) is 17.2. The van der Waals surface area contributed by atoms with Crippen molar-refractivity contribution in [3.05, 3.63) is 50.6 Å². The van der Waals surface area contributed by atoms with Gasteiger partial charge >= 0.3 is 12.1 Å². The van der Waals surface area contributed by atoms with Gasteiger partial charge in [0.25, 0.3) is 0 Å². The summed E-state index contributed by atoms with van der Waals surface area (Å²) >= 11 is 1.75. The summed E-state index contributed by atoms with van der Waals surface area (Å²) in [4.78, 5) is 39.1. The molecule has 3 aromatic rings. The van der Waals surface area contributed by atoms with Crippen molar-refractivity contribution in [3.63, 3.8) is 0 Å². The Morgan fingerprint density at radius 2 is 1.97 bits per heavy atom. The highest BCUT2D eigenvalue weighted by Crippen LogP contribution is 2.45. The topological polar surface area (TPSA) is 107 Å². The third-order valence-electron chi connectivity index (χ3n) is 7.20. The van der Waals surface area contributed by atoms with Crippen LogP contribution in [0, 0.1) is 5.92 Å². The molecule has 2 N–H and O–H groups in total. The number of methoxy groups -OCH3 is 1. The largest absolute Gasteiger partial charge is 0.494 e. The van der Waals surface area contributed by atoms with Crippen molar-refractivity contribution in [2.24, 2.45) is 5.92 Å². The summed E-state index contributed by atoms with van der Waals surface area (Å²) in [6.07, 6.45) is 6.89. The molecule has 9 heteroatoms. The van der Waals surface area contributed by atoms with Gasteiger partial charge in [-0.15, -0.1) is 11.3 Å². The van der Waals surface area contributed by atoms with Crippen LogP contribution in [0.25, 0.3) is 21.3 Å². The van der Waals surface area contributed by atoms with Crippen LogP contribution in [0.4, 0.5) is 4.79 Å². The van der Waals surface area contributed by atoms with Crippen molar-refractivity contribution in [2.45, 2.75) is 70.9 Å². The van der Waals surface area contributed by atoms with Crippen LogP contribution in [-0.2, 0) is 17.6 Å². The van der Waals surface area contributed by atoms with Gasteiger partial charge in [-0.25, -0.2) is 9.59 Å². The summed E-state index contributed by atoms with van der Waals surface area (Å²) < 4.78 is 13.1. The van der Waals surface area contributed by atoms with Crippen LogP contribution in [0.3, 0.4) is 0 Å². The zero-order valence-electron chi connectivity index (χ0n) is 22.3. The molecular weight excluding hydrogens is 504 g/mol. The van der Waals surface area contributed by atoms with Gasteiger partial charge in [0.15, 0.2) is 5.75 Å². The minimum absolute atomic E-state index is 0.173. The summed E-state index contributed by atoms with van der Waals surface area (Å²) in [5.41, 5.74) is 1.72. The fourth-order valence-electron chi connectivity index (χ4n) is 5.26. The second-order valence-electron chi connectivity index (χ2n) is 11.2. The zero-order chi connectivity index (χ0) is 27.2. The number of carboxylic acid groups (broad SMARTS) is 1. The van der Waals surface area contributed by atoms with Gasteiger partial charge in [-0.05, 0) is 89.0 Å². The number of aromatic nitrogens is 1. The van der Waals surface area contributed by atoms with Crippen molar-refractivity contribution < 1.29 is 24.2 Å². The number of thiophene rings is 1. The lowest BCUT2D eigenvalue weighted by Crippen LogP contribution is -2.33. The Morgan fingerprint density at radius 1 is 1.21 bits per heavy atom. The van der Waals surface area contributed by atoms with Crippen LogP contribution >= 0.6 is 11.3 Å². The molecule has 0 aliphatic heterocycles. The molecule has 1 aromatic carbocycles. The molecular formula is C29H34N2O6S. The van der Waals surface area contributed by atoms with Gasteiger partial charge < -0.3 is 24.5 Å². The third-order valence-corrected chi connectivity index (χ3v) is 8.43. The number of ether oxygens (including phenoxy) is 2. The minimum atomic E-state index is -1.21. The first-order valence-electron chi connectivity index (χ1n) is 13.1. The number of carbonyl (C=O) groups excluding carboxylic acids is 1. The molecule has 5 rings (SSSR count). The predicted octanol–water partition coefficient (Wildman–Crippen LogP) is 5.79. The molecule has 0 saturated heterocycles. The van der Waals surface area contributed by atoms with Crippen LogP contribution in [-0.4, -0.2) is 41.0 Å². The molecule has 2 heterocycles. The standard InChI is InChI=1S/C29H34N2O6S/c1-29(2,3)37-28(35)30-12-11-16-5-6-17-14-23(38-22(17)13-16)19-9-10-20-24(26(19)36-4)31(18-7-8-18)15-21(25(20)32)27(33)34/h9-10,14-16,18H,5-8,11-13H2,1-4H3,(H,30,35)(H,33,34). The molecule has 38 heavy (non-hydrogen) atoms. The smallest absolute Gasteiger partial charge is 0.407 e. The number of nitrogens with one attached hydrogen (secondary N) is 1. The Balaban J connectivity index is 1.40. The SMILES string of the molecule is COc1c(-c2cc3c(s2)CC(CCNC(=O)OC(C)(C)C)CC3)ccc2c(=O)c(C(=O)O)cn(C3CC3)c12. The average Bonchev–Trinajstić information content (AvgIpc) is 3.60. The fourth-order valence-corrected chi connectivity index (χ4v) is 6.61. The van der Waals surface area contributed by atoms with E-state index in [9.17, 15) is 19.5 Å². The quantitative estimate of drug-likeness (QED) is 0.394. The number of nitrogens with zero attached hydrogens (tertiary/aromatic N) is 1. The number of hydrogen-bond acceptors (Lipinski definition) is 6. The van der Waals surface area contributed by atoms with Crippen LogP contribution < -0.4 is 15.5 Å². The van der Waals surface area contributed by atoms with Gasteiger partial charge in [0.1, 0.15) is 11.2 Å². The number of carboxylic acids is 1. The highest BCUT2D eigenvalue weighted by molar-refractivity contribution is 7.15. The summed E-state index contributed by atoms with van der Waals surface area (Å²) in [6, 6.07) is 6.02. The van der Waals surface area contributed by atoms with Gasteiger partial charge in [0.2, 0.25) is 5.43 Å². The number of aryl methyl sites for hydroxylation is 1. The first-order chi connectivity index (χ1) is 18.1. The average molecular weight is 539 g/mol. The maximum absolute atomic E-state index is 13.0. The van der Waals surface area contributed by atoms with Crippen molar-refractivity contribution in [3.8, 4) is 16.2 Å². The van der Waals surface area contributed by atoms with Gasteiger partial charge in [-0.3, -0.25) is 4.79 Å².